The molecule has 17 heavy (non-hydrogen) atoms. The summed E-state index contributed by atoms with van der Waals surface area (Å²) in [7, 11) is -6.52. The van der Waals surface area contributed by atoms with Gasteiger partial charge in [0.2, 0.25) is 20.0 Å². The molecule has 1 aliphatic heterocycles. The maximum Gasteiger partial charge on any atom is 0.219 e. The standard InChI is InChI=1S/C9H18N2O4S2/c1-9(4-5-9)17(14,15)11-6-3-8(7-11)10-16(2,12)13/h8,10H,3-7H2,1-2H3/t8-/m0/s1. The number of sulfonamides is 2. The number of nitrogens with one attached hydrogen (secondary N) is 1. The van der Waals surface area contributed by atoms with Crippen LogP contribution < -0.4 is 4.72 Å². The first-order valence-electron chi connectivity index (χ1n) is 5.61. The number of hydrogen-bond donors (Lipinski definition) is 1. The maximum atomic E-state index is 12.2. The highest BCUT2D eigenvalue weighted by atomic mass is 32.2. The normalized spacial score (nSPS) is 29.4. The molecule has 1 atom stereocenters. The van der Waals surface area contributed by atoms with E-state index >= 15 is 0 Å². The highest BCUT2D eigenvalue weighted by molar-refractivity contribution is 7.90. The van der Waals surface area contributed by atoms with E-state index in [1.165, 1.54) is 4.31 Å². The predicted octanol–water partition coefficient (Wildman–Crippen LogP) is -0.508. The largest absolute Gasteiger partial charge is 0.219 e. The van der Waals surface area contributed by atoms with Gasteiger partial charge in [0.15, 0.2) is 0 Å². The summed E-state index contributed by atoms with van der Waals surface area (Å²) in [5.74, 6) is 0. The Morgan fingerprint density at radius 2 is 1.82 bits per heavy atom. The van der Waals surface area contributed by atoms with Crippen LogP contribution in [0.25, 0.3) is 0 Å². The third-order valence-corrected chi connectivity index (χ3v) is 6.88. The molecule has 0 unspecified atom stereocenters. The molecular weight excluding hydrogens is 264 g/mol. The topological polar surface area (TPSA) is 83.6 Å². The Hall–Kier alpha value is -0.180. The van der Waals surface area contributed by atoms with Crippen LogP contribution in [-0.4, -0.2) is 51.3 Å². The molecular formula is C9H18N2O4S2. The highest BCUT2D eigenvalue weighted by Gasteiger charge is 2.53. The minimum atomic E-state index is -3.27. The van der Waals surface area contributed by atoms with Crippen molar-refractivity contribution in [2.75, 3.05) is 19.3 Å². The smallest absolute Gasteiger partial charge is 0.213 e. The van der Waals surface area contributed by atoms with Crippen molar-refractivity contribution in [1.82, 2.24) is 9.03 Å². The lowest BCUT2D eigenvalue weighted by molar-refractivity contribution is 0.456. The monoisotopic (exact) mass is 282 g/mol. The van der Waals surface area contributed by atoms with Gasteiger partial charge in [0.1, 0.15) is 0 Å². The quantitative estimate of drug-likeness (QED) is 0.753. The second-order valence-corrected chi connectivity index (χ2v) is 9.42. The second kappa shape index (κ2) is 3.91. The van der Waals surface area contributed by atoms with E-state index in [9.17, 15) is 16.8 Å². The van der Waals surface area contributed by atoms with Crippen LogP contribution >= 0.6 is 0 Å². The Kier molecular flexibility index (Phi) is 3.05. The van der Waals surface area contributed by atoms with Crippen molar-refractivity contribution in [3.05, 3.63) is 0 Å². The zero-order valence-corrected chi connectivity index (χ0v) is 11.6. The lowest BCUT2D eigenvalue weighted by Crippen LogP contribution is -2.41. The molecule has 0 aromatic rings. The molecule has 1 saturated heterocycles. The van der Waals surface area contributed by atoms with Gasteiger partial charge in [-0.05, 0) is 26.2 Å². The van der Waals surface area contributed by atoms with Crippen LogP contribution in [0.15, 0.2) is 0 Å². The van der Waals surface area contributed by atoms with Gasteiger partial charge in [0, 0.05) is 19.1 Å². The Morgan fingerprint density at radius 1 is 1.24 bits per heavy atom. The van der Waals surface area contributed by atoms with Crippen LogP contribution in [0.4, 0.5) is 0 Å². The zero-order valence-electron chi connectivity index (χ0n) is 10.0. The van der Waals surface area contributed by atoms with E-state index in [2.05, 4.69) is 4.72 Å². The minimum absolute atomic E-state index is 0.255. The fourth-order valence-electron chi connectivity index (χ4n) is 2.09. The van der Waals surface area contributed by atoms with Crippen molar-refractivity contribution in [3.8, 4) is 0 Å². The molecule has 0 bridgehead atoms. The van der Waals surface area contributed by atoms with E-state index in [0.29, 0.717) is 25.8 Å². The average molecular weight is 282 g/mol. The van der Waals surface area contributed by atoms with Gasteiger partial charge < -0.3 is 0 Å². The van der Waals surface area contributed by atoms with Crippen molar-refractivity contribution in [2.45, 2.75) is 37.0 Å². The molecule has 100 valence electrons. The third-order valence-electron chi connectivity index (χ3n) is 3.45. The van der Waals surface area contributed by atoms with Gasteiger partial charge in [0.25, 0.3) is 0 Å². The average Bonchev–Trinajstić information content (AvgIpc) is 2.75. The van der Waals surface area contributed by atoms with Crippen molar-refractivity contribution >= 4 is 20.0 Å². The molecule has 2 rings (SSSR count). The predicted molar refractivity (Wildman–Crippen MR) is 64.5 cm³/mol. The van der Waals surface area contributed by atoms with E-state index in [0.717, 1.165) is 6.26 Å². The van der Waals surface area contributed by atoms with Crippen LogP contribution in [0.5, 0.6) is 0 Å². The molecule has 2 fully saturated rings. The molecule has 0 aromatic carbocycles. The zero-order chi connectivity index (χ0) is 12.9. The van der Waals surface area contributed by atoms with Crippen molar-refractivity contribution in [2.24, 2.45) is 0 Å². The lowest BCUT2D eigenvalue weighted by Gasteiger charge is -2.21. The molecule has 0 amide bonds. The summed E-state index contributed by atoms with van der Waals surface area (Å²) in [5.41, 5.74) is 0. The van der Waals surface area contributed by atoms with Crippen molar-refractivity contribution in [1.29, 1.82) is 0 Å². The van der Waals surface area contributed by atoms with Gasteiger partial charge in [-0.2, -0.15) is 4.31 Å². The van der Waals surface area contributed by atoms with Gasteiger partial charge in [-0.15, -0.1) is 0 Å². The molecule has 1 saturated carbocycles. The molecule has 0 aromatic heterocycles. The first-order chi connectivity index (χ1) is 7.64. The fraction of sp³-hybridized carbons (Fsp3) is 1.00. The van der Waals surface area contributed by atoms with E-state index in [4.69, 9.17) is 0 Å². The second-order valence-electron chi connectivity index (χ2n) is 5.19. The minimum Gasteiger partial charge on any atom is -0.213 e. The Labute approximate surface area is 102 Å². The Bertz CT molecular complexity index is 507. The van der Waals surface area contributed by atoms with Crippen LogP contribution in [0.1, 0.15) is 26.2 Å². The highest BCUT2D eigenvalue weighted by Crippen LogP contribution is 2.45. The van der Waals surface area contributed by atoms with Gasteiger partial charge in [-0.1, -0.05) is 0 Å². The Morgan fingerprint density at radius 3 is 2.29 bits per heavy atom. The van der Waals surface area contributed by atoms with Gasteiger partial charge in [-0.3, -0.25) is 0 Å². The molecule has 8 heteroatoms. The number of hydrogen-bond acceptors (Lipinski definition) is 4. The molecule has 2 aliphatic rings. The first-order valence-corrected chi connectivity index (χ1v) is 8.94. The van der Waals surface area contributed by atoms with Crippen LogP contribution in [0, 0.1) is 0 Å². The van der Waals surface area contributed by atoms with E-state index in [1.54, 1.807) is 6.92 Å². The van der Waals surface area contributed by atoms with Crippen molar-refractivity contribution < 1.29 is 16.8 Å². The number of nitrogens with zero attached hydrogens (tertiary/aromatic N) is 1. The van der Waals surface area contributed by atoms with Gasteiger partial charge in [0.05, 0.1) is 11.0 Å². The van der Waals surface area contributed by atoms with Crippen LogP contribution in [0.3, 0.4) is 0 Å². The summed E-state index contributed by atoms with van der Waals surface area (Å²) in [6.07, 6.45) is 3.04. The van der Waals surface area contributed by atoms with E-state index in [-0.39, 0.29) is 12.6 Å². The van der Waals surface area contributed by atoms with Crippen LogP contribution in [-0.2, 0) is 20.0 Å². The van der Waals surface area contributed by atoms with Crippen LogP contribution in [0.2, 0.25) is 0 Å². The van der Waals surface area contributed by atoms with E-state index in [1.807, 2.05) is 0 Å². The molecule has 0 radical (unpaired) electrons. The molecule has 1 heterocycles. The summed E-state index contributed by atoms with van der Waals surface area (Å²) in [4.78, 5) is 0. The summed E-state index contributed by atoms with van der Waals surface area (Å²) in [5, 5.41) is 0. The lowest BCUT2D eigenvalue weighted by atomic mass is 10.3. The number of rotatable bonds is 4. The van der Waals surface area contributed by atoms with E-state index < -0.39 is 24.8 Å². The summed E-state index contributed by atoms with van der Waals surface area (Å²) in [6.45, 7) is 2.41. The summed E-state index contributed by atoms with van der Waals surface area (Å²) < 4.78 is 49.8. The van der Waals surface area contributed by atoms with Crippen molar-refractivity contribution in [3.63, 3.8) is 0 Å². The van der Waals surface area contributed by atoms with Gasteiger partial charge in [-0.25, -0.2) is 21.6 Å². The van der Waals surface area contributed by atoms with Gasteiger partial charge >= 0.3 is 0 Å². The molecule has 6 nitrogen and oxygen atoms in total. The molecule has 0 spiro atoms. The Balaban J connectivity index is 2.04. The fourth-order valence-corrected chi connectivity index (χ4v) is 4.85. The SMILES string of the molecule is CC1(S(=O)(=O)N2CC[C@H](NS(C)(=O)=O)C2)CC1. The summed E-state index contributed by atoms with van der Waals surface area (Å²) >= 11 is 0. The summed E-state index contributed by atoms with van der Waals surface area (Å²) in [6, 6.07) is -0.290. The third kappa shape index (κ3) is 2.64. The molecule has 1 aliphatic carbocycles. The first kappa shape index (κ1) is 13.3. The maximum absolute atomic E-state index is 12.2. The molecule has 1 N–H and O–H groups in total.